The van der Waals surface area contributed by atoms with Gasteiger partial charge in [0, 0.05) is 31.7 Å². The molecular weight excluding hydrogens is 557 g/mol. The number of nitrogens with one attached hydrogen (secondary N) is 2. The van der Waals surface area contributed by atoms with Crippen LogP contribution in [0.3, 0.4) is 0 Å². The van der Waals surface area contributed by atoms with Gasteiger partial charge >= 0.3 is 6.18 Å². The summed E-state index contributed by atoms with van der Waals surface area (Å²) >= 11 is 0. The maximum atomic E-state index is 13.5. The Balaban J connectivity index is 1.30. The summed E-state index contributed by atoms with van der Waals surface area (Å²) in [5, 5.41) is 17.0. The number of rotatable bonds is 11. The number of hydrogen-bond donors (Lipinski definition) is 2. The van der Waals surface area contributed by atoms with E-state index in [4.69, 9.17) is 9.37 Å². The van der Waals surface area contributed by atoms with Crippen molar-refractivity contribution in [3.8, 4) is 0 Å². The molecule has 2 saturated carbocycles. The third-order valence-electron chi connectivity index (χ3n) is 7.18. The second kappa shape index (κ2) is 10.6. The Morgan fingerprint density at radius 2 is 1.95 bits per heavy atom. The van der Waals surface area contributed by atoms with E-state index in [1.807, 2.05) is 0 Å². The summed E-state index contributed by atoms with van der Waals surface area (Å²) < 4.78 is 77.7. The molecule has 3 aromatic heterocycles. The number of nitrogens with zero attached hydrogens (tertiary/aromatic N) is 5. The second-order valence-corrected chi connectivity index (χ2v) is 11.1. The molecule has 2 amide bonds. The molecule has 2 fully saturated rings. The van der Waals surface area contributed by atoms with E-state index in [1.54, 1.807) is 6.07 Å². The molecule has 2 N–H and O–H groups in total. The average molecular weight is 586 g/mol. The molecule has 11 nitrogen and oxygen atoms in total. The zero-order chi connectivity index (χ0) is 29.6. The van der Waals surface area contributed by atoms with Crippen molar-refractivity contribution in [2.45, 2.75) is 82.2 Å². The van der Waals surface area contributed by atoms with Crippen LogP contribution in [0, 0.1) is 5.92 Å². The predicted octanol–water partition coefficient (Wildman–Crippen LogP) is 3.87. The number of fused-ring (bicyclic) bond motifs is 1. The van der Waals surface area contributed by atoms with E-state index >= 15 is 0 Å². The standard InChI is InChI=1S/C25H28F5N7O4/c1-23(2,25(28,29)30)40-12-17(34-22(39)21-20(15-3-4-15)35-41-36-21)16-11-37-18(33-16)5-14(10-32-37)9-31-19(38)6-13-7-24(26,27)8-13/h5,10-11,13,15,17H,3-4,6-9,12H2,1-2H3,(H,31,38)(H,34,39)/t17-/m0/s1. The van der Waals surface area contributed by atoms with Crippen LogP contribution in [0.2, 0.25) is 0 Å². The quantitative estimate of drug-likeness (QED) is 0.324. The van der Waals surface area contributed by atoms with Crippen LogP contribution < -0.4 is 10.6 Å². The minimum Gasteiger partial charge on any atom is -0.364 e. The fourth-order valence-corrected chi connectivity index (χ4v) is 4.44. The van der Waals surface area contributed by atoms with Crippen LogP contribution in [-0.4, -0.2) is 61.0 Å². The van der Waals surface area contributed by atoms with Gasteiger partial charge in [-0.1, -0.05) is 5.16 Å². The first-order chi connectivity index (χ1) is 19.2. The van der Waals surface area contributed by atoms with E-state index in [0.717, 1.165) is 26.7 Å². The third-order valence-corrected chi connectivity index (χ3v) is 7.18. The van der Waals surface area contributed by atoms with Crippen molar-refractivity contribution in [3.63, 3.8) is 0 Å². The van der Waals surface area contributed by atoms with Crippen molar-refractivity contribution in [1.29, 1.82) is 0 Å². The Labute approximate surface area is 230 Å². The average Bonchev–Trinajstić information content (AvgIpc) is 3.43. The van der Waals surface area contributed by atoms with E-state index < -0.39 is 36.3 Å². The molecule has 0 spiro atoms. The van der Waals surface area contributed by atoms with Crippen LogP contribution in [0.25, 0.3) is 5.65 Å². The number of imidazole rings is 1. The number of amides is 2. The summed E-state index contributed by atoms with van der Waals surface area (Å²) in [5.41, 5.74) is -1.17. The SMILES string of the molecule is CC(C)(OC[C@H](NC(=O)c1nonc1C1CC1)c1cn2ncc(CNC(=O)CC3CC(F)(F)C3)cc2n1)C(F)(F)F. The maximum Gasteiger partial charge on any atom is 0.416 e. The molecule has 3 heterocycles. The van der Waals surface area contributed by atoms with Gasteiger partial charge in [0.25, 0.3) is 5.91 Å². The van der Waals surface area contributed by atoms with E-state index in [2.05, 4.69) is 31.0 Å². The largest absolute Gasteiger partial charge is 0.416 e. The monoisotopic (exact) mass is 585 g/mol. The summed E-state index contributed by atoms with van der Waals surface area (Å²) in [6.07, 6.45) is -0.754. The number of alkyl halides is 5. The number of hydrogen-bond acceptors (Lipinski definition) is 8. The Hall–Kier alpha value is -3.69. The fourth-order valence-electron chi connectivity index (χ4n) is 4.44. The summed E-state index contributed by atoms with van der Waals surface area (Å²) in [7, 11) is 0. The van der Waals surface area contributed by atoms with Gasteiger partial charge in [-0.3, -0.25) is 9.59 Å². The molecule has 0 aliphatic heterocycles. The zero-order valence-corrected chi connectivity index (χ0v) is 22.2. The lowest BCUT2D eigenvalue weighted by Gasteiger charge is -2.34. The first kappa shape index (κ1) is 28.8. The van der Waals surface area contributed by atoms with E-state index in [9.17, 15) is 31.5 Å². The summed E-state index contributed by atoms with van der Waals surface area (Å²) in [4.78, 5) is 29.6. The van der Waals surface area contributed by atoms with E-state index in [0.29, 0.717) is 16.9 Å². The Bertz CT molecular complexity index is 1430. The topological polar surface area (TPSA) is 137 Å². The van der Waals surface area contributed by atoms with Crippen molar-refractivity contribution < 1.29 is 40.9 Å². The minimum atomic E-state index is -4.67. The van der Waals surface area contributed by atoms with Crippen molar-refractivity contribution in [1.82, 2.24) is 35.5 Å². The molecule has 2 aliphatic carbocycles. The molecule has 16 heteroatoms. The van der Waals surface area contributed by atoms with Crippen molar-refractivity contribution >= 4 is 17.5 Å². The van der Waals surface area contributed by atoms with Gasteiger partial charge in [0.2, 0.25) is 11.8 Å². The van der Waals surface area contributed by atoms with Crippen LogP contribution in [-0.2, 0) is 16.1 Å². The lowest BCUT2D eigenvalue weighted by atomic mass is 9.79. The van der Waals surface area contributed by atoms with Gasteiger partial charge in [0.15, 0.2) is 16.9 Å². The van der Waals surface area contributed by atoms with Gasteiger partial charge in [-0.25, -0.2) is 22.9 Å². The maximum absolute atomic E-state index is 13.5. The van der Waals surface area contributed by atoms with Crippen molar-refractivity contribution in [3.05, 3.63) is 41.1 Å². The first-order valence-electron chi connectivity index (χ1n) is 13.0. The van der Waals surface area contributed by atoms with Crippen LogP contribution in [0.4, 0.5) is 22.0 Å². The Morgan fingerprint density at radius 1 is 1.22 bits per heavy atom. The van der Waals surface area contributed by atoms with Gasteiger partial charge in [0.05, 0.1) is 30.7 Å². The Morgan fingerprint density at radius 3 is 2.61 bits per heavy atom. The normalized spacial score (nSPS) is 18.2. The molecule has 0 saturated heterocycles. The molecule has 2 aliphatic rings. The summed E-state index contributed by atoms with van der Waals surface area (Å²) in [5.74, 6) is -4.09. The fraction of sp³-hybridized carbons (Fsp3) is 0.600. The van der Waals surface area contributed by atoms with Crippen LogP contribution in [0.5, 0.6) is 0 Å². The minimum absolute atomic E-state index is 0.00204. The Kier molecular flexibility index (Phi) is 7.46. The highest BCUT2D eigenvalue weighted by Gasteiger charge is 2.49. The lowest BCUT2D eigenvalue weighted by Crippen LogP contribution is -2.44. The number of halogens is 5. The molecule has 0 radical (unpaired) electrons. The van der Waals surface area contributed by atoms with E-state index in [-0.39, 0.29) is 54.9 Å². The zero-order valence-electron chi connectivity index (χ0n) is 22.2. The van der Waals surface area contributed by atoms with Gasteiger partial charge in [0.1, 0.15) is 5.69 Å². The van der Waals surface area contributed by atoms with Crippen molar-refractivity contribution in [2.75, 3.05) is 6.61 Å². The number of carbonyl (C=O) groups is 2. The highest BCUT2D eigenvalue weighted by atomic mass is 19.4. The predicted molar refractivity (Wildman–Crippen MR) is 130 cm³/mol. The number of aromatic nitrogens is 5. The van der Waals surface area contributed by atoms with Crippen LogP contribution >= 0.6 is 0 Å². The van der Waals surface area contributed by atoms with E-state index in [1.165, 1.54) is 16.9 Å². The number of ether oxygens (including phenoxy) is 1. The van der Waals surface area contributed by atoms with Gasteiger partial charge < -0.3 is 15.4 Å². The molecule has 1 atom stereocenters. The van der Waals surface area contributed by atoms with Gasteiger partial charge in [-0.15, -0.1) is 0 Å². The second-order valence-electron chi connectivity index (χ2n) is 11.1. The summed E-state index contributed by atoms with van der Waals surface area (Å²) in [6, 6.07) is 0.471. The molecule has 222 valence electrons. The van der Waals surface area contributed by atoms with Crippen LogP contribution in [0.15, 0.2) is 23.1 Å². The van der Waals surface area contributed by atoms with Crippen molar-refractivity contribution in [2.24, 2.45) is 5.92 Å². The molecule has 5 rings (SSSR count). The first-order valence-corrected chi connectivity index (χ1v) is 13.0. The highest BCUT2D eigenvalue weighted by molar-refractivity contribution is 5.93. The molecule has 0 aromatic carbocycles. The molecule has 0 unspecified atom stereocenters. The van der Waals surface area contributed by atoms with Gasteiger partial charge in [-0.2, -0.15) is 18.3 Å². The lowest BCUT2D eigenvalue weighted by molar-refractivity contribution is -0.265. The molecule has 3 aromatic rings. The highest BCUT2D eigenvalue weighted by Crippen LogP contribution is 2.44. The van der Waals surface area contributed by atoms with Gasteiger partial charge in [-0.05, 0) is 49.4 Å². The third kappa shape index (κ3) is 6.63. The van der Waals surface area contributed by atoms with Crippen LogP contribution in [0.1, 0.15) is 85.4 Å². The number of carbonyl (C=O) groups excluding carboxylic acids is 2. The molecular formula is C25H28F5N7O4. The molecule has 0 bridgehead atoms. The summed E-state index contributed by atoms with van der Waals surface area (Å²) in [6.45, 7) is 1.25. The smallest absolute Gasteiger partial charge is 0.364 e. The molecule has 41 heavy (non-hydrogen) atoms.